The van der Waals surface area contributed by atoms with Crippen molar-refractivity contribution in [1.82, 2.24) is 10.2 Å². The molecule has 1 amide bonds. The molecule has 1 saturated heterocycles. The Bertz CT molecular complexity index is 480. The number of nitrogens with one attached hydrogen (secondary N) is 1. The number of amides is 1. The van der Waals surface area contributed by atoms with Crippen molar-refractivity contribution in [1.29, 1.82) is 0 Å². The molecule has 21 heavy (non-hydrogen) atoms. The summed E-state index contributed by atoms with van der Waals surface area (Å²) in [6.45, 7) is 10.7. The quantitative estimate of drug-likeness (QED) is 0.899. The van der Waals surface area contributed by atoms with Gasteiger partial charge in [-0.05, 0) is 36.8 Å². The van der Waals surface area contributed by atoms with Crippen LogP contribution < -0.4 is 5.32 Å². The monoisotopic (exact) mass is 288 g/mol. The van der Waals surface area contributed by atoms with Crippen LogP contribution in [0.1, 0.15) is 58.3 Å². The molecule has 3 nitrogen and oxygen atoms in total. The van der Waals surface area contributed by atoms with E-state index in [0.717, 1.165) is 12.8 Å². The number of hydrogen-bond acceptors (Lipinski definition) is 2. The largest absolute Gasteiger partial charge is 0.319 e. The highest BCUT2D eigenvalue weighted by molar-refractivity contribution is 5.84. The molecule has 1 aromatic carbocycles. The number of nitrogens with zero attached hydrogens (tertiary/aromatic N) is 1. The summed E-state index contributed by atoms with van der Waals surface area (Å²) in [6.07, 6.45) is 1.88. The van der Waals surface area contributed by atoms with Crippen molar-refractivity contribution in [3.05, 3.63) is 35.4 Å². The third-order valence-corrected chi connectivity index (χ3v) is 4.71. The summed E-state index contributed by atoms with van der Waals surface area (Å²) in [5, 5.41) is 3.51. The Labute approximate surface area is 128 Å². The van der Waals surface area contributed by atoms with E-state index in [2.05, 4.69) is 64.2 Å². The van der Waals surface area contributed by atoms with Gasteiger partial charge >= 0.3 is 0 Å². The maximum atomic E-state index is 12.7. The fourth-order valence-electron chi connectivity index (χ4n) is 2.89. The Morgan fingerprint density at radius 2 is 1.76 bits per heavy atom. The zero-order valence-corrected chi connectivity index (χ0v) is 13.9. The van der Waals surface area contributed by atoms with Crippen LogP contribution in [0.2, 0.25) is 0 Å². The molecule has 1 aliphatic rings. The van der Waals surface area contributed by atoms with Crippen molar-refractivity contribution in [2.75, 3.05) is 0 Å². The summed E-state index contributed by atoms with van der Waals surface area (Å²) < 4.78 is 0. The predicted molar refractivity (Wildman–Crippen MR) is 86.9 cm³/mol. The van der Waals surface area contributed by atoms with E-state index < -0.39 is 0 Å². The van der Waals surface area contributed by atoms with Gasteiger partial charge in [0.2, 0.25) is 5.91 Å². The molecule has 1 aromatic rings. The Balaban J connectivity index is 2.31. The molecule has 3 heteroatoms. The lowest BCUT2D eigenvalue weighted by molar-refractivity contribution is -0.133. The third kappa shape index (κ3) is 3.13. The number of benzene rings is 1. The molecule has 1 fully saturated rings. The summed E-state index contributed by atoms with van der Waals surface area (Å²) in [4.78, 5) is 14.7. The number of aryl methyl sites for hydroxylation is 1. The Morgan fingerprint density at radius 1 is 1.14 bits per heavy atom. The van der Waals surface area contributed by atoms with Crippen molar-refractivity contribution in [2.24, 2.45) is 5.92 Å². The maximum absolute atomic E-state index is 12.7. The van der Waals surface area contributed by atoms with E-state index in [1.165, 1.54) is 11.1 Å². The molecule has 0 bridgehead atoms. The lowest BCUT2D eigenvalue weighted by Crippen LogP contribution is -2.41. The van der Waals surface area contributed by atoms with Crippen LogP contribution in [0.5, 0.6) is 0 Å². The zero-order valence-electron chi connectivity index (χ0n) is 13.9. The molecule has 0 saturated carbocycles. The molecule has 3 atom stereocenters. The molecule has 1 aliphatic heterocycles. The first kappa shape index (κ1) is 16.0. The van der Waals surface area contributed by atoms with Crippen LogP contribution in [0.4, 0.5) is 0 Å². The van der Waals surface area contributed by atoms with Crippen molar-refractivity contribution in [2.45, 2.75) is 65.7 Å². The van der Waals surface area contributed by atoms with Gasteiger partial charge in [-0.2, -0.15) is 0 Å². The minimum absolute atomic E-state index is 0.00533. The average Bonchev–Trinajstić information content (AvgIpc) is 2.83. The average molecular weight is 288 g/mol. The molecular weight excluding hydrogens is 260 g/mol. The number of carbonyl (C=O) groups excluding carboxylic acids is 1. The van der Waals surface area contributed by atoms with Crippen LogP contribution >= 0.6 is 0 Å². The second-order valence-electron chi connectivity index (χ2n) is 6.36. The summed E-state index contributed by atoms with van der Waals surface area (Å²) in [5.74, 6) is 0.687. The first-order valence-corrected chi connectivity index (χ1v) is 8.16. The van der Waals surface area contributed by atoms with Gasteiger partial charge in [0.25, 0.3) is 0 Å². The minimum Gasteiger partial charge on any atom is -0.319 e. The SMILES string of the molecule is CCc1ccc(C2NC(CC)C(=O)N2C(C)C(C)C)cc1. The third-order valence-electron chi connectivity index (χ3n) is 4.71. The molecular formula is C18H28N2O. The topological polar surface area (TPSA) is 32.3 Å². The van der Waals surface area contributed by atoms with Crippen molar-refractivity contribution in [3.8, 4) is 0 Å². The number of hydrogen-bond donors (Lipinski definition) is 1. The van der Waals surface area contributed by atoms with E-state index in [1.807, 2.05) is 4.90 Å². The zero-order chi connectivity index (χ0) is 15.6. The lowest BCUT2D eigenvalue weighted by Gasteiger charge is -2.33. The van der Waals surface area contributed by atoms with Gasteiger partial charge in [0.1, 0.15) is 6.17 Å². The molecule has 116 valence electrons. The Hall–Kier alpha value is -1.35. The van der Waals surface area contributed by atoms with Gasteiger partial charge in [0, 0.05) is 6.04 Å². The van der Waals surface area contributed by atoms with Gasteiger partial charge in [-0.3, -0.25) is 10.1 Å². The van der Waals surface area contributed by atoms with E-state index in [9.17, 15) is 4.79 Å². The highest BCUT2D eigenvalue weighted by atomic mass is 16.2. The fraction of sp³-hybridized carbons (Fsp3) is 0.611. The van der Waals surface area contributed by atoms with E-state index in [1.54, 1.807) is 0 Å². The maximum Gasteiger partial charge on any atom is 0.241 e. The van der Waals surface area contributed by atoms with Gasteiger partial charge in [-0.1, -0.05) is 52.0 Å². The van der Waals surface area contributed by atoms with Crippen molar-refractivity contribution < 1.29 is 4.79 Å². The van der Waals surface area contributed by atoms with E-state index in [0.29, 0.717) is 5.92 Å². The molecule has 0 aromatic heterocycles. The second kappa shape index (κ2) is 6.61. The summed E-state index contributed by atoms with van der Waals surface area (Å²) in [6, 6.07) is 8.82. The second-order valence-corrected chi connectivity index (χ2v) is 6.36. The van der Waals surface area contributed by atoms with Crippen LogP contribution in [0.25, 0.3) is 0 Å². The van der Waals surface area contributed by atoms with E-state index >= 15 is 0 Å². The van der Waals surface area contributed by atoms with Crippen LogP contribution in [-0.4, -0.2) is 22.9 Å². The smallest absolute Gasteiger partial charge is 0.241 e. The first-order valence-electron chi connectivity index (χ1n) is 8.16. The van der Waals surface area contributed by atoms with E-state index in [4.69, 9.17) is 0 Å². The molecule has 0 spiro atoms. The molecule has 0 radical (unpaired) electrons. The highest BCUT2D eigenvalue weighted by Gasteiger charge is 2.41. The fourth-order valence-corrected chi connectivity index (χ4v) is 2.89. The summed E-state index contributed by atoms with van der Waals surface area (Å²) >= 11 is 0. The molecule has 3 unspecified atom stereocenters. The van der Waals surface area contributed by atoms with Crippen molar-refractivity contribution >= 4 is 5.91 Å². The van der Waals surface area contributed by atoms with Crippen LogP contribution in [0.15, 0.2) is 24.3 Å². The summed E-state index contributed by atoms with van der Waals surface area (Å²) in [5.41, 5.74) is 2.52. The molecule has 0 aliphatic carbocycles. The lowest BCUT2D eigenvalue weighted by atomic mass is 10.0. The van der Waals surface area contributed by atoms with Crippen LogP contribution in [0.3, 0.4) is 0 Å². The molecule has 2 rings (SSSR count). The van der Waals surface area contributed by atoms with Gasteiger partial charge in [-0.15, -0.1) is 0 Å². The number of carbonyl (C=O) groups is 1. The molecule has 1 N–H and O–H groups in total. The van der Waals surface area contributed by atoms with Crippen molar-refractivity contribution in [3.63, 3.8) is 0 Å². The highest BCUT2D eigenvalue weighted by Crippen LogP contribution is 2.31. The van der Waals surface area contributed by atoms with Gasteiger partial charge in [-0.25, -0.2) is 0 Å². The Morgan fingerprint density at radius 3 is 2.24 bits per heavy atom. The Kier molecular flexibility index (Phi) is 5.04. The first-order chi connectivity index (χ1) is 9.99. The van der Waals surface area contributed by atoms with E-state index in [-0.39, 0.29) is 24.2 Å². The van der Waals surface area contributed by atoms with Gasteiger partial charge < -0.3 is 4.90 Å². The van der Waals surface area contributed by atoms with Gasteiger partial charge in [0.15, 0.2) is 0 Å². The van der Waals surface area contributed by atoms with Crippen LogP contribution in [0, 0.1) is 5.92 Å². The predicted octanol–water partition coefficient (Wildman–Crippen LogP) is 3.50. The summed E-state index contributed by atoms with van der Waals surface area (Å²) in [7, 11) is 0. The number of rotatable bonds is 5. The van der Waals surface area contributed by atoms with Gasteiger partial charge in [0.05, 0.1) is 6.04 Å². The van der Waals surface area contributed by atoms with Crippen LogP contribution in [-0.2, 0) is 11.2 Å². The minimum atomic E-state index is -0.0537. The standard InChI is InChI=1S/C18H28N2O/c1-6-14-8-10-15(11-9-14)17-19-16(7-2)18(21)20(17)13(5)12(3)4/h8-13,16-17,19H,6-7H2,1-5H3. The molecule has 1 heterocycles. The normalized spacial score (nSPS) is 23.9.